The first kappa shape index (κ1) is 30.6. The topological polar surface area (TPSA) is 172 Å². The lowest BCUT2D eigenvalue weighted by Gasteiger charge is -2.44. The molecule has 14 heteroatoms. The molecule has 0 radical (unpaired) electrons. The number of amides is 1. The van der Waals surface area contributed by atoms with Crippen LogP contribution in [0.25, 0.3) is 0 Å². The highest BCUT2D eigenvalue weighted by molar-refractivity contribution is 5.83. The zero-order chi connectivity index (χ0) is 28.4. The molecule has 1 aromatic heterocycles. The predicted molar refractivity (Wildman–Crippen MR) is 126 cm³/mol. The van der Waals surface area contributed by atoms with E-state index in [1.165, 1.54) is 25.1 Å². The van der Waals surface area contributed by atoms with Crippen molar-refractivity contribution in [2.45, 2.75) is 76.8 Å². The van der Waals surface area contributed by atoms with Crippen LogP contribution in [0.2, 0.25) is 0 Å². The Morgan fingerprint density at radius 3 is 2.29 bits per heavy atom. The Hall–Kier alpha value is -3.65. The summed E-state index contributed by atoms with van der Waals surface area (Å²) >= 11 is 0. The number of aromatic nitrogens is 1. The average molecular weight is 545 g/mol. The van der Waals surface area contributed by atoms with Crippen molar-refractivity contribution in [2.24, 2.45) is 0 Å². The summed E-state index contributed by atoms with van der Waals surface area (Å²) in [7, 11) is 0. The van der Waals surface area contributed by atoms with Crippen molar-refractivity contribution in [2.75, 3.05) is 13.3 Å². The summed E-state index contributed by atoms with van der Waals surface area (Å²) in [5.41, 5.74) is 0. The van der Waals surface area contributed by atoms with E-state index in [-0.39, 0.29) is 25.9 Å². The van der Waals surface area contributed by atoms with Gasteiger partial charge in [0.25, 0.3) is 0 Å². The number of halogens is 1. The van der Waals surface area contributed by atoms with Gasteiger partial charge in [0, 0.05) is 38.8 Å². The van der Waals surface area contributed by atoms with Crippen LogP contribution in [-0.2, 0) is 38.1 Å². The molecule has 1 fully saturated rings. The van der Waals surface area contributed by atoms with Gasteiger partial charge in [0.2, 0.25) is 17.7 Å². The minimum Gasteiger partial charge on any atom is -0.492 e. The molecule has 0 bridgehead atoms. The number of carbonyl (C=O) groups is 4. The van der Waals surface area contributed by atoms with Crippen LogP contribution in [-0.4, -0.2) is 88.6 Å². The zero-order valence-electron chi connectivity index (χ0n) is 21.3. The molecule has 0 aliphatic carbocycles. The van der Waals surface area contributed by atoms with Crippen LogP contribution in [0.4, 0.5) is 4.39 Å². The summed E-state index contributed by atoms with van der Waals surface area (Å²) < 4.78 is 36.0. The number of hydrogen-bond donors (Lipinski definition) is 3. The van der Waals surface area contributed by atoms with Crippen LogP contribution >= 0.6 is 0 Å². The van der Waals surface area contributed by atoms with E-state index >= 15 is 0 Å². The van der Waals surface area contributed by atoms with E-state index in [1.54, 1.807) is 0 Å². The number of nitrogens with zero attached hydrogens (tertiary/aromatic N) is 1. The van der Waals surface area contributed by atoms with Crippen molar-refractivity contribution in [3.63, 3.8) is 0 Å². The van der Waals surface area contributed by atoms with E-state index in [1.807, 2.05) is 0 Å². The fourth-order valence-corrected chi connectivity index (χ4v) is 3.76. The molecule has 0 spiro atoms. The lowest BCUT2D eigenvalue weighted by Crippen LogP contribution is -2.66. The Kier molecular flexibility index (Phi) is 11.5. The molecule has 1 aliphatic heterocycles. The van der Waals surface area contributed by atoms with Gasteiger partial charge in [0.15, 0.2) is 30.4 Å². The number of esters is 2. The molecule has 38 heavy (non-hydrogen) atoms. The second kappa shape index (κ2) is 14.3. The molecule has 1 aromatic rings. The van der Waals surface area contributed by atoms with Crippen LogP contribution < -0.4 is 10.2 Å². The van der Waals surface area contributed by atoms with E-state index < -0.39 is 78.8 Å². The number of carbonyl (C=O) groups excluding carboxylic acids is 4. The van der Waals surface area contributed by atoms with Crippen molar-refractivity contribution in [1.82, 2.24) is 10.0 Å². The van der Waals surface area contributed by atoms with Crippen molar-refractivity contribution >= 4 is 23.6 Å². The normalized spacial score (nSPS) is 23.6. The summed E-state index contributed by atoms with van der Waals surface area (Å²) in [6.45, 7) is 6.01. The van der Waals surface area contributed by atoms with Crippen molar-refractivity contribution in [3.8, 4) is 11.8 Å². The highest BCUT2D eigenvalue weighted by Gasteiger charge is 2.51. The van der Waals surface area contributed by atoms with Gasteiger partial charge in [-0.25, -0.2) is 4.39 Å². The van der Waals surface area contributed by atoms with Crippen molar-refractivity contribution in [1.29, 1.82) is 0 Å². The molecule has 0 saturated carbocycles. The summed E-state index contributed by atoms with van der Waals surface area (Å²) in [6, 6.07) is 1.18. The molecule has 2 rings (SSSR count). The Morgan fingerprint density at radius 2 is 1.74 bits per heavy atom. The Morgan fingerprint density at radius 1 is 1.13 bits per heavy atom. The van der Waals surface area contributed by atoms with E-state index in [0.29, 0.717) is 4.73 Å². The molecule has 1 aliphatic rings. The third-order valence-electron chi connectivity index (χ3n) is 5.45. The van der Waals surface area contributed by atoms with Crippen LogP contribution in [0.5, 0.6) is 11.8 Å². The number of Topliss-reactive ketones (excluding diaryl/α,β-unsaturated/α-hetero) is 1. The van der Waals surface area contributed by atoms with Gasteiger partial charge in [-0.3, -0.25) is 19.2 Å². The number of ether oxygens (including phenoxy) is 4. The molecule has 0 aromatic carbocycles. The molecule has 6 atom stereocenters. The third kappa shape index (κ3) is 8.45. The highest BCUT2D eigenvalue weighted by atomic mass is 19.1. The maximum absolute atomic E-state index is 13.8. The van der Waals surface area contributed by atoms with Gasteiger partial charge in [-0.15, -0.1) is 11.3 Å². The van der Waals surface area contributed by atoms with E-state index in [2.05, 4.69) is 11.9 Å². The van der Waals surface area contributed by atoms with Crippen LogP contribution in [0.15, 0.2) is 24.8 Å². The molecule has 13 nitrogen and oxygen atoms in total. The quantitative estimate of drug-likeness (QED) is 0.222. The fraction of sp³-hybridized carbons (Fsp3) is 0.583. The lowest BCUT2D eigenvalue weighted by molar-refractivity contribution is -0.271. The number of ketones is 1. The Bertz CT molecular complexity index is 979. The predicted octanol–water partition coefficient (Wildman–Crippen LogP) is 0.701. The monoisotopic (exact) mass is 544 g/mol. The molecular weight excluding hydrogens is 511 g/mol. The van der Waals surface area contributed by atoms with Gasteiger partial charge in [-0.1, -0.05) is 6.08 Å². The number of alkyl halides is 1. The minimum absolute atomic E-state index is 0.0417. The molecule has 6 unspecified atom stereocenters. The second-order valence-electron chi connectivity index (χ2n) is 8.47. The summed E-state index contributed by atoms with van der Waals surface area (Å²) in [6.07, 6.45) is -5.09. The SMILES string of the molecule is C=CCOC1OC(CF)C(OC(C)=O)C(OC(C)=O)C1NC(=O)CCCC(=O)C(C)On1c(O)ccc1O. The number of hydrogen-bond acceptors (Lipinski definition) is 11. The number of nitrogens with one attached hydrogen (secondary N) is 1. The second-order valence-corrected chi connectivity index (χ2v) is 8.47. The summed E-state index contributed by atoms with van der Waals surface area (Å²) in [5.74, 6) is -3.32. The standard InChI is InChI=1S/C24H33FN2O11/c1-5-11-34-24-21(23(36-15(4)29)22(35-14(3)28)17(12-25)37-24)26-18(31)8-6-7-16(30)13(2)38-27-19(32)9-10-20(27)33/h5,9-10,13,17,21-24,32-33H,1,6-8,11-12H2,2-4H3,(H,26,31). The lowest BCUT2D eigenvalue weighted by atomic mass is 9.96. The highest BCUT2D eigenvalue weighted by Crippen LogP contribution is 2.28. The van der Waals surface area contributed by atoms with Gasteiger partial charge >= 0.3 is 11.9 Å². The van der Waals surface area contributed by atoms with Crippen LogP contribution in [0.3, 0.4) is 0 Å². The molecule has 2 heterocycles. The van der Waals surface area contributed by atoms with Crippen LogP contribution in [0, 0.1) is 0 Å². The molecule has 3 N–H and O–H groups in total. The zero-order valence-corrected chi connectivity index (χ0v) is 21.3. The maximum Gasteiger partial charge on any atom is 0.303 e. The van der Waals surface area contributed by atoms with E-state index in [0.717, 1.165) is 13.8 Å². The van der Waals surface area contributed by atoms with Crippen molar-refractivity contribution < 1.29 is 57.6 Å². The molecule has 1 amide bonds. The first-order chi connectivity index (χ1) is 18.0. The molecule has 212 valence electrons. The summed E-state index contributed by atoms with van der Waals surface area (Å²) in [4.78, 5) is 53.8. The van der Waals surface area contributed by atoms with Gasteiger partial charge in [0.1, 0.15) is 18.8 Å². The Labute approximate surface area is 218 Å². The smallest absolute Gasteiger partial charge is 0.303 e. The first-order valence-corrected chi connectivity index (χ1v) is 11.9. The van der Waals surface area contributed by atoms with Gasteiger partial charge in [0.05, 0.1) is 6.61 Å². The molecular formula is C24H33FN2O11. The number of aromatic hydroxyl groups is 2. The fourth-order valence-electron chi connectivity index (χ4n) is 3.76. The van der Waals surface area contributed by atoms with Gasteiger partial charge in [-0.2, -0.15) is 0 Å². The third-order valence-corrected chi connectivity index (χ3v) is 5.45. The van der Waals surface area contributed by atoms with Gasteiger partial charge < -0.3 is 39.3 Å². The van der Waals surface area contributed by atoms with Crippen LogP contribution in [0.1, 0.15) is 40.0 Å². The van der Waals surface area contributed by atoms with Gasteiger partial charge in [-0.05, 0) is 13.3 Å². The van der Waals surface area contributed by atoms with E-state index in [9.17, 15) is 33.8 Å². The number of rotatable bonds is 14. The largest absolute Gasteiger partial charge is 0.492 e. The molecule has 1 saturated heterocycles. The average Bonchev–Trinajstić information content (AvgIpc) is 3.16. The maximum atomic E-state index is 13.8. The van der Waals surface area contributed by atoms with E-state index in [4.69, 9.17) is 23.8 Å². The summed E-state index contributed by atoms with van der Waals surface area (Å²) in [5, 5.41) is 21.9. The van der Waals surface area contributed by atoms with Crippen molar-refractivity contribution in [3.05, 3.63) is 24.8 Å². The minimum atomic E-state index is -1.36. The first-order valence-electron chi connectivity index (χ1n) is 11.9. The Balaban J connectivity index is 2.06.